The predicted molar refractivity (Wildman–Crippen MR) is 72.9 cm³/mol. The predicted octanol–water partition coefficient (Wildman–Crippen LogP) is 4.03. The van der Waals surface area contributed by atoms with E-state index < -0.39 is 11.7 Å². The van der Waals surface area contributed by atoms with Gasteiger partial charge >= 0.3 is 6.18 Å². The van der Waals surface area contributed by atoms with Gasteiger partial charge in [-0.1, -0.05) is 18.2 Å². The summed E-state index contributed by atoms with van der Waals surface area (Å²) in [6.45, 7) is 3.62. The molecule has 1 aromatic carbocycles. The molecule has 0 amide bonds. The van der Waals surface area contributed by atoms with Crippen LogP contribution in [0.4, 0.5) is 13.2 Å². The number of halogens is 3. The van der Waals surface area contributed by atoms with Crippen molar-refractivity contribution in [1.82, 2.24) is 14.6 Å². The highest BCUT2D eigenvalue weighted by Gasteiger charge is 2.33. The van der Waals surface area contributed by atoms with E-state index in [-0.39, 0.29) is 11.3 Å². The minimum absolute atomic E-state index is 0.0723. The van der Waals surface area contributed by atoms with E-state index in [9.17, 15) is 13.2 Å². The van der Waals surface area contributed by atoms with Crippen LogP contribution in [0.1, 0.15) is 16.8 Å². The molecule has 0 N–H and O–H groups in total. The summed E-state index contributed by atoms with van der Waals surface area (Å²) < 4.78 is 40.9. The zero-order valence-corrected chi connectivity index (χ0v) is 11.4. The second-order valence-electron chi connectivity index (χ2n) is 4.89. The van der Waals surface area contributed by atoms with Gasteiger partial charge in [-0.2, -0.15) is 18.3 Å². The molecule has 21 heavy (non-hydrogen) atoms. The molecule has 0 spiro atoms. The first-order valence-corrected chi connectivity index (χ1v) is 6.36. The summed E-state index contributed by atoms with van der Waals surface area (Å²) in [5, 5.41) is 4.29. The van der Waals surface area contributed by atoms with Gasteiger partial charge in [0.15, 0.2) is 5.65 Å². The van der Waals surface area contributed by atoms with Gasteiger partial charge in [0.2, 0.25) is 0 Å². The summed E-state index contributed by atoms with van der Waals surface area (Å²) in [6, 6.07) is 7.08. The van der Waals surface area contributed by atoms with Crippen LogP contribution < -0.4 is 0 Å². The van der Waals surface area contributed by atoms with E-state index in [1.165, 1.54) is 12.1 Å². The molecule has 3 nitrogen and oxygen atoms in total. The Labute approximate surface area is 119 Å². The van der Waals surface area contributed by atoms with Crippen molar-refractivity contribution >= 4 is 5.65 Å². The van der Waals surface area contributed by atoms with Crippen molar-refractivity contribution in [2.45, 2.75) is 20.0 Å². The van der Waals surface area contributed by atoms with Crippen molar-refractivity contribution in [1.29, 1.82) is 0 Å². The molecule has 3 aromatic rings. The van der Waals surface area contributed by atoms with Crippen molar-refractivity contribution in [3.63, 3.8) is 0 Å². The SMILES string of the molecule is Cc1cc(-c2ccccc2C(F)(F)F)nn2c(C)cnc12. The summed E-state index contributed by atoms with van der Waals surface area (Å²) in [5.41, 5.74) is 1.89. The number of aryl methyl sites for hydroxylation is 2. The van der Waals surface area contributed by atoms with E-state index in [2.05, 4.69) is 10.1 Å². The molecule has 0 saturated carbocycles. The van der Waals surface area contributed by atoms with Crippen LogP contribution in [0.25, 0.3) is 16.9 Å². The lowest BCUT2D eigenvalue weighted by Gasteiger charge is -2.13. The standard InChI is InChI=1S/C15H12F3N3/c1-9-7-13(20-21-10(2)8-19-14(9)21)11-5-3-4-6-12(11)15(16,17)18/h3-8H,1-2H3. The zero-order valence-electron chi connectivity index (χ0n) is 11.4. The molecule has 0 aliphatic heterocycles. The lowest BCUT2D eigenvalue weighted by atomic mass is 10.0. The summed E-state index contributed by atoms with van der Waals surface area (Å²) in [4.78, 5) is 4.20. The number of aromatic nitrogens is 3. The number of benzene rings is 1. The molecule has 0 aliphatic rings. The molecule has 3 rings (SSSR count). The van der Waals surface area contributed by atoms with Crippen molar-refractivity contribution in [2.24, 2.45) is 0 Å². The highest BCUT2D eigenvalue weighted by molar-refractivity contribution is 5.67. The number of fused-ring (bicyclic) bond motifs is 1. The second-order valence-corrected chi connectivity index (χ2v) is 4.89. The summed E-state index contributed by atoms with van der Waals surface area (Å²) >= 11 is 0. The van der Waals surface area contributed by atoms with Gasteiger partial charge < -0.3 is 0 Å². The lowest BCUT2D eigenvalue weighted by molar-refractivity contribution is -0.137. The molecule has 0 radical (unpaired) electrons. The Kier molecular flexibility index (Phi) is 2.97. The van der Waals surface area contributed by atoms with Crippen molar-refractivity contribution < 1.29 is 13.2 Å². The van der Waals surface area contributed by atoms with Gasteiger partial charge in [-0.15, -0.1) is 0 Å². The zero-order chi connectivity index (χ0) is 15.2. The van der Waals surface area contributed by atoms with Crippen LogP contribution in [0.5, 0.6) is 0 Å². The van der Waals surface area contributed by atoms with Crippen LogP contribution in [0.2, 0.25) is 0 Å². The maximum Gasteiger partial charge on any atom is 0.417 e. The van der Waals surface area contributed by atoms with Gasteiger partial charge in [-0.05, 0) is 31.5 Å². The van der Waals surface area contributed by atoms with Gasteiger partial charge in [-0.3, -0.25) is 0 Å². The number of nitrogens with zero attached hydrogens (tertiary/aromatic N) is 3. The minimum atomic E-state index is -4.41. The number of rotatable bonds is 1. The van der Waals surface area contributed by atoms with Crippen LogP contribution in [0.3, 0.4) is 0 Å². The molecule has 0 saturated heterocycles. The number of hydrogen-bond donors (Lipinski definition) is 0. The molecule has 0 fully saturated rings. The smallest absolute Gasteiger partial charge is 0.235 e. The van der Waals surface area contributed by atoms with E-state index in [1.54, 1.807) is 22.8 Å². The van der Waals surface area contributed by atoms with Crippen molar-refractivity contribution in [3.8, 4) is 11.3 Å². The Morgan fingerprint density at radius 1 is 1.10 bits per heavy atom. The highest BCUT2D eigenvalue weighted by Crippen LogP contribution is 2.36. The van der Waals surface area contributed by atoms with Gasteiger partial charge in [0, 0.05) is 5.56 Å². The average molecular weight is 291 g/mol. The normalized spacial score (nSPS) is 12.0. The van der Waals surface area contributed by atoms with Crippen LogP contribution >= 0.6 is 0 Å². The Morgan fingerprint density at radius 3 is 2.52 bits per heavy atom. The van der Waals surface area contributed by atoms with Crippen LogP contribution in [-0.4, -0.2) is 14.6 Å². The van der Waals surface area contributed by atoms with Crippen molar-refractivity contribution in [3.05, 3.63) is 53.3 Å². The van der Waals surface area contributed by atoms with Crippen LogP contribution in [0, 0.1) is 13.8 Å². The number of hydrogen-bond acceptors (Lipinski definition) is 2. The molecule has 0 unspecified atom stereocenters. The molecule has 0 aliphatic carbocycles. The van der Waals surface area contributed by atoms with Gasteiger partial charge in [-0.25, -0.2) is 9.50 Å². The summed E-state index contributed by atoms with van der Waals surface area (Å²) in [6.07, 6.45) is -2.76. The molecule has 2 aromatic heterocycles. The molecular formula is C15H12F3N3. The first-order chi connectivity index (χ1) is 9.88. The third-order valence-electron chi connectivity index (χ3n) is 3.33. The molecule has 0 bridgehead atoms. The van der Waals surface area contributed by atoms with E-state index in [0.717, 1.165) is 17.3 Å². The molecule has 6 heteroatoms. The Hall–Kier alpha value is -2.37. The maximum absolute atomic E-state index is 13.1. The third kappa shape index (κ3) is 2.26. The fourth-order valence-corrected chi connectivity index (χ4v) is 2.32. The molecule has 2 heterocycles. The number of alkyl halides is 3. The number of imidazole rings is 1. The maximum atomic E-state index is 13.1. The van der Waals surface area contributed by atoms with E-state index in [1.807, 2.05) is 13.8 Å². The fraction of sp³-hybridized carbons (Fsp3) is 0.200. The van der Waals surface area contributed by atoms with E-state index in [0.29, 0.717) is 5.65 Å². The Morgan fingerprint density at radius 2 is 1.81 bits per heavy atom. The van der Waals surface area contributed by atoms with Crippen LogP contribution in [0.15, 0.2) is 36.5 Å². The topological polar surface area (TPSA) is 30.2 Å². The molecule has 0 atom stereocenters. The summed E-state index contributed by atoms with van der Waals surface area (Å²) in [5.74, 6) is 0. The van der Waals surface area contributed by atoms with Gasteiger partial charge in [0.05, 0.1) is 23.1 Å². The first-order valence-electron chi connectivity index (χ1n) is 6.36. The van der Waals surface area contributed by atoms with Crippen LogP contribution in [-0.2, 0) is 6.18 Å². The second kappa shape index (κ2) is 4.58. The third-order valence-corrected chi connectivity index (χ3v) is 3.33. The summed E-state index contributed by atoms with van der Waals surface area (Å²) in [7, 11) is 0. The van der Waals surface area contributed by atoms with Crippen molar-refractivity contribution in [2.75, 3.05) is 0 Å². The Bertz CT molecular complexity index is 819. The minimum Gasteiger partial charge on any atom is -0.235 e. The molecular weight excluding hydrogens is 279 g/mol. The Balaban J connectivity index is 2.29. The van der Waals surface area contributed by atoms with E-state index >= 15 is 0 Å². The first kappa shape index (κ1) is 13.6. The monoisotopic (exact) mass is 291 g/mol. The van der Waals surface area contributed by atoms with E-state index in [4.69, 9.17) is 0 Å². The lowest BCUT2D eigenvalue weighted by Crippen LogP contribution is -2.08. The largest absolute Gasteiger partial charge is 0.417 e. The molecule has 108 valence electrons. The fourth-order valence-electron chi connectivity index (χ4n) is 2.32. The quantitative estimate of drug-likeness (QED) is 0.677. The average Bonchev–Trinajstić information content (AvgIpc) is 2.80. The van der Waals surface area contributed by atoms with Gasteiger partial charge in [0.1, 0.15) is 0 Å². The highest BCUT2D eigenvalue weighted by atomic mass is 19.4. The van der Waals surface area contributed by atoms with Gasteiger partial charge in [0.25, 0.3) is 0 Å².